The van der Waals surface area contributed by atoms with Crippen molar-refractivity contribution < 1.29 is 14.1 Å². The van der Waals surface area contributed by atoms with Crippen molar-refractivity contribution in [3.05, 3.63) is 47.1 Å². The molecule has 1 heterocycles. The van der Waals surface area contributed by atoms with Gasteiger partial charge in [-0.05, 0) is 31.5 Å². The molecule has 0 aliphatic rings. The predicted molar refractivity (Wildman–Crippen MR) is 72.1 cm³/mol. The smallest absolute Gasteiger partial charge is 0.251 e. The Balaban J connectivity index is 2.00. The normalized spacial score (nSPS) is 12.2. The molecule has 106 valence electrons. The van der Waals surface area contributed by atoms with Crippen LogP contribution in [0.1, 0.15) is 40.6 Å². The first kappa shape index (κ1) is 14.2. The molecule has 0 aliphatic carbocycles. The van der Waals surface area contributed by atoms with Crippen molar-refractivity contribution in [3.8, 4) is 0 Å². The summed E-state index contributed by atoms with van der Waals surface area (Å²) >= 11 is 0. The highest BCUT2D eigenvalue weighted by Gasteiger charge is 2.16. The summed E-state index contributed by atoms with van der Waals surface area (Å²) in [5, 5.41) is 6.51. The zero-order valence-electron chi connectivity index (χ0n) is 11.7. The van der Waals surface area contributed by atoms with Gasteiger partial charge in [0.2, 0.25) is 5.89 Å². The van der Waals surface area contributed by atoms with Gasteiger partial charge in [0.15, 0.2) is 5.82 Å². The Morgan fingerprint density at radius 3 is 2.65 bits per heavy atom. The Labute approximate surface area is 117 Å². The van der Waals surface area contributed by atoms with Crippen molar-refractivity contribution in [1.29, 1.82) is 0 Å². The Bertz CT molecular complexity index is 578. The van der Waals surface area contributed by atoms with E-state index in [0.29, 0.717) is 23.9 Å². The average molecular weight is 275 g/mol. The van der Waals surface area contributed by atoms with E-state index in [1.54, 1.807) is 33.1 Å². The van der Waals surface area contributed by atoms with Crippen molar-refractivity contribution in [2.45, 2.75) is 26.5 Å². The van der Waals surface area contributed by atoms with Gasteiger partial charge in [0.05, 0.1) is 6.61 Å². The highest BCUT2D eigenvalue weighted by molar-refractivity contribution is 5.94. The van der Waals surface area contributed by atoms with E-state index in [1.165, 1.54) is 0 Å². The van der Waals surface area contributed by atoms with Crippen molar-refractivity contribution in [2.24, 2.45) is 0 Å². The minimum Gasteiger partial charge on any atom is -0.380 e. The number of amides is 1. The number of carbonyl (C=O) groups is 1. The molecular weight excluding hydrogens is 258 g/mol. The highest BCUT2D eigenvalue weighted by Crippen LogP contribution is 2.11. The third-order valence-corrected chi connectivity index (χ3v) is 2.79. The Kier molecular flexibility index (Phi) is 4.47. The molecule has 0 radical (unpaired) electrons. The van der Waals surface area contributed by atoms with E-state index in [1.807, 2.05) is 12.1 Å². The third-order valence-electron chi connectivity index (χ3n) is 2.79. The van der Waals surface area contributed by atoms with Crippen LogP contribution in [-0.2, 0) is 11.3 Å². The van der Waals surface area contributed by atoms with Crippen LogP contribution in [0, 0.1) is 6.92 Å². The minimum absolute atomic E-state index is 0.183. The second-order valence-corrected chi connectivity index (χ2v) is 4.50. The molecule has 1 aromatic carbocycles. The lowest BCUT2D eigenvalue weighted by Gasteiger charge is -2.10. The Morgan fingerprint density at radius 1 is 1.40 bits per heavy atom. The number of nitrogens with one attached hydrogen (secondary N) is 1. The lowest BCUT2D eigenvalue weighted by Crippen LogP contribution is -2.26. The molecule has 0 saturated carbocycles. The number of carbonyl (C=O) groups excluding carboxylic acids is 1. The van der Waals surface area contributed by atoms with E-state index in [-0.39, 0.29) is 11.9 Å². The molecule has 6 nitrogen and oxygen atoms in total. The van der Waals surface area contributed by atoms with Crippen LogP contribution < -0.4 is 5.32 Å². The Hall–Kier alpha value is -2.21. The molecule has 6 heteroatoms. The quantitative estimate of drug-likeness (QED) is 0.903. The second-order valence-electron chi connectivity index (χ2n) is 4.50. The van der Waals surface area contributed by atoms with E-state index < -0.39 is 0 Å². The maximum atomic E-state index is 12.1. The SMILES string of the molecule is COCc1ccc(C(=O)NC(C)c2nc(C)no2)cc1. The van der Waals surface area contributed by atoms with Crippen molar-refractivity contribution in [1.82, 2.24) is 15.5 Å². The van der Waals surface area contributed by atoms with Crippen LogP contribution in [0.25, 0.3) is 0 Å². The van der Waals surface area contributed by atoms with E-state index in [9.17, 15) is 4.79 Å². The number of hydrogen-bond acceptors (Lipinski definition) is 5. The summed E-state index contributed by atoms with van der Waals surface area (Å²) in [5.41, 5.74) is 1.59. The average Bonchev–Trinajstić information content (AvgIpc) is 2.86. The topological polar surface area (TPSA) is 77.2 Å². The van der Waals surface area contributed by atoms with E-state index >= 15 is 0 Å². The first-order chi connectivity index (χ1) is 9.60. The maximum Gasteiger partial charge on any atom is 0.251 e. The molecule has 1 atom stereocenters. The molecule has 1 N–H and O–H groups in total. The van der Waals surface area contributed by atoms with Crippen LogP contribution in [0.3, 0.4) is 0 Å². The molecule has 0 fully saturated rings. The molecule has 1 aromatic heterocycles. The third kappa shape index (κ3) is 3.42. The molecule has 1 unspecified atom stereocenters. The number of methoxy groups -OCH3 is 1. The van der Waals surface area contributed by atoms with Gasteiger partial charge in [-0.3, -0.25) is 4.79 Å². The lowest BCUT2D eigenvalue weighted by molar-refractivity contribution is 0.0932. The molecule has 20 heavy (non-hydrogen) atoms. The summed E-state index contributed by atoms with van der Waals surface area (Å²) in [5.74, 6) is 0.759. The summed E-state index contributed by atoms with van der Waals surface area (Å²) in [6, 6.07) is 6.91. The first-order valence-electron chi connectivity index (χ1n) is 6.29. The molecule has 0 saturated heterocycles. The largest absolute Gasteiger partial charge is 0.380 e. The van der Waals surface area contributed by atoms with Crippen LogP contribution in [0.2, 0.25) is 0 Å². The van der Waals surface area contributed by atoms with E-state index in [0.717, 1.165) is 5.56 Å². The number of hydrogen-bond donors (Lipinski definition) is 1. The number of aryl methyl sites for hydroxylation is 1. The van der Waals surface area contributed by atoms with Crippen LogP contribution in [-0.4, -0.2) is 23.2 Å². The van der Waals surface area contributed by atoms with Gasteiger partial charge in [-0.2, -0.15) is 4.98 Å². The van der Waals surface area contributed by atoms with Gasteiger partial charge >= 0.3 is 0 Å². The summed E-state index contributed by atoms with van der Waals surface area (Å²) in [6.07, 6.45) is 0. The number of nitrogens with zero attached hydrogens (tertiary/aromatic N) is 2. The molecule has 0 spiro atoms. The van der Waals surface area contributed by atoms with Gasteiger partial charge in [0.1, 0.15) is 6.04 Å². The summed E-state index contributed by atoms with van der Waals surface area (Å²) in [6.45, 7) is 4.06. The van der Waals surface area contributed by atoms with Gasteiger partial charge in [-0.25, -0.2) is 0 Å². The Morgan fingerprint density at radius 2 is 2.10 bits per heavy atom. The van der Waals surface area contributed by atoms with E-state index in [4.69, 9.17) is 9.26 Å². The fourth-order valence-corrected chi connectivity index (χ4v) is 1.75. The fraction of sp³-hybridized carbons (Fsp3) is 0.357. The summed E-state index contributed by atoms with van der Waals surface area (Å²) in [7, 11) is 1.63. The molecule has 2 aromatic rings. The number of rotatable bonds is 5. The van der Waals surface area contributed by atoms with Crippen molar-refractivity contribution in [3.63, 3.8) is 0 Å². The van der Waals surface area contributed by atoms with Crippen LogP contribution >= 0.6 is 0 Å². The van der Waals surface area contributed by atoms with Gasteiger partial charge in [0.25, 0.3) is 5.91 Å². The lowest BCUT2D eigenvalue weighted by atomic mass is 10.1. The predicted octanol–water partition coefficient (Wildman–Crippen LogP) is 2.02. The molecular formula is C14H17N3O3. The fourth-order valence-electron chi connectivity index (χ4n) is 1.75. The number of aromatic nitrogens is 2. The molecule has 1 amide bonds. The minimum atomic E-state index is -0.331. The zero-order chi connectivity index (χ0) is 14.5. The molecule has 2 rings (SSSR count). The molecule has 0 aliphatic heterocycles. The van der Waals surface area contributed by atoms with Crippen LogP contribution in [0.5, 0.6) is 0 Å². The summed E-state index contributed by atoms with van der Waals surface area (Å²) in [4.78, 5) is 16.2. The van der Waals surface area contributed by atoms with E-state index in [2.05, 4.69) is 15.5 Å². The van der Waals surface area contributed by atoms with Gasteiger partial charge in [0, 0.05) is 12.7 Å². The van der Waals surface area contributed by atoms with Crippen LogP contribution in [0.4, 0.5) is 0 Å². The van der Waals surface area contributed by atoms with Crippen LogP contribution in [0.15, 0.2) is 28.8 Å². The zero-order valence-corrected chi connectivity index (χ0v) is 11.7. The standard InChI is InChI=1S/C14H17N3O3/c1-9(14-16-10(2)17-20-14)15-13(18)12-6-4-11(5-7-12)8-19-3/h4-7,9H,8H2,1-3H3,(H,15,18). The summed E-state index contributed by atoms with van der Waals surface area (Å²) < 4.78 is 10.0. The highest BCUT2D eigenvalue weighted by atomic mass is 16.5. The number of benzene rings is 1. The van der Waals surface area contributed by atoms with Crippen molar-refractivity contribution in [2.75, 3.05) is 7.11 Å². The van der Waals surface area contributed by atoms with Gasteiger partial charge in [-0.1, -0.05) is 17.3 Å². The van der Waals surface area contributed by atoms with Crippen molar-refractivity contribution >= 4 is 5.91 Å². The van der Waals surface area contributed by atoms with Gasteiger partial charge in [-0.15, -0.1) is 0 Å². The maximum absolute atomic E-state index is 12.1. The monoisotopic (exact) mass is 275 g/mol. The molecule has 0 bridgehead atoms. The van der Waals surface area contributed by atoms with Gasteiger partial charge < -0.3 is 14.6 Å². The number of ether oxygens (including phenoxy) is 1. The first-order valence-corrected chi connectivity index (χ1v) is 6.29. The second kappa shape index (κ2) is 6.29.